The second-order valence-electron chi connectivity index (χ2n) is 10.2. The highest BCUT2D eigenvalue weighted by Crippen LogP contribution is 2.10. The summed E-state index contributed by atoms with van der Waals surface area (Å²) in [6, 6.07) is 0. The number of carbonyl (C=O) groups is 1. The maximum absolute atomic E-state index is 11.7. The first-order valence-electron chi connectivity index (χ1n) is 16.4. The largest absolute Gasteiger partial charge is 0.463 e. The molecule has 0 bridgehead atoms. The monoisotopic (exact) mass is 576 g/mol. The smallest absolute Gasteiger partial charge is 0.305 e. The van der Waals surface area contributed by atoms with Crippen LogP contribution in [-0.2, 0) is 38.0 Å². The number of esters is 1. The minimum atomic E-state index is -0.125. The summed E-state index contributed by atoms with van der Waals surface area (Å²) in [6.07, 6.45) is 19.4. The molecule has 0 aliphatic heterocycles. The first-order valence-corrected chi connectivity index (χ1v) is 16.4. The van der Waals surface area contributed by atoms with Gasteiger partial charge in [0.05, 0.1) is 72.7 Å². The molecule has 0 aliphatic carbocycles. The molecule has 0 N–H and O–H groups in total. The van der Waals surface area contributed by atoms with E-state index in [9.17, 15) is 4.79 Å². The van der Waals surface area contributed by atoms with Gasteiger partial charge in [-0.3, -0.25) is 4.79 Å². The van der Waals surface area contributed by atoms with Crippen molar-refractivity contribution in [3.8, 4) is 0 Å². The van der Waals surface area contributed by atoms with E-state index in [4.69, 9.17) is 33.2 Å². The van der Waals surface area contributed by atoms with Crippen molar-refractivity contribution < 1.29 is 38.0 Å². The number of ether oxygens (including phenoxy) is 7. The van der Waals surface area contributed by atoms with Crippen LogP contribution in [0.25, 0.3) is 0 Å². The first-order chi connectivity index (χ1) is 19.8. The quantitative estimate of drug-likeness (QED) is 0.0595. The summed E-state index contributed by atoms with van der Waals surface area (Å²) < 4.78 is 38.2. The summed E-state index contributed by atoms with van der Waals surface area (Å²) in [7, 11) is 0. The number of hydrogen-bond acceptors (Lipinski definition) is 8. The van der Waals surface area contributed by atoms with Crippen LogP contribution < -0.4 is 0 Å². The summed E-state index contributed by atoms with van der Waals surface area (Å²) in [6.45, 7) is 11.5. The molecule has 0 radical (unpaired) electrons. The van der Waals surface area contributed by atoms with Crippen molar-refractivity contribution >= 4 is 5.97 Å². The summed E-state index contributed by atoms with van der Waals surface area (Å²) in [5.41, 5.74) is 0. The third-order valence-corrected chi connectivity index (χ3v) is 6.48. The Morgan fingerprint density at radius 1 is 0.350 bits per heavy atom. The molecular weight excluding hydrogens is 512 g/mol. The van der Waals surface area contributed by atoms with Crippen molar-refractivity contribution in [2.45, 2.75) is 117 Å². The highest BCUT2D eigenvalue weighted by molar-refractivity contribution is 5.69. The number of hydrogen-bond donors (Lipinski definition) is 0. The van der Waals surface area contributed by atoms with E-state index in [-0.39, 0.29) is 5.97 Å². The highest BCUT2D eigenvalue weighted by Gasteiger charge is 2.03. The first kappa shape index (κ1) is 39.2. The van der Waals surface area contributed by atoms with Gasteiger partial charge in [0.1, 0.15) is 6.61 Å². The van der Waals surface area contributed by atoms with Crippen LogP contribution in [0.4, 0.5) is 0 Å². The summed E-state index contributed by atoms with van der Waals surface area (Å²) in [5, 5.41) is 0. The maximum Gasteiger partial charge on any atom is 0.305 e. The molecule has 0 saturated carbocycles. The molecular formula is C32H64O8. The van der Waals surface area contributed by atoms with Crippen LogP contribution in [0, 0.1) is 0 Å². The predicted molar refractivity (Wildman–Crippen MR) is 161 cm³/mol. The molecule has 40 heavy (non-hydrogen) atoms. The molecule has 0 fully saturated rings. The van der Waals surface area contributed by atoms with Crippen molar-refractivity contribution in [3.63, 3.8) is 0 Å². The van der Waals surface area contributed by atoms with Crippen molar-refractivity contribution in [1.29, 1.82) is 0 Å². The predicted octanol–water partition coefficient (Wildman–Crippen LogP) is 6.91. The number of carbonyl (C=O) groups excluding carboxylic acids is 1. The van der Waals surface area contributed by atoms with Crippen LogP contribution >= 0.6 is 0 Å². The van der Waals surface area contributed by atoms with Crippen LogP contribution in [0.5, 0.6) is 0 Å². The fraction of sp³-hybridized carbons (Fsp3) is 0.969. The molecule has 0 atom stereocenters. The minimum absolute atomic E-state index is 0.125. The Hall–Kier alpha value is -0.770. The van der Waals surface area contributed by atoms with Crippen LogP contribution in [0.1, 0.15) is 117 Å². The molecule has 0 aromatic carbocycles. The van der Waals surface area contributed by atoms with Gasteiger partial charge in [-0.15, -0.1) is 0 Å². The van der Waals surface area contributed by atoms with Gasteiger partial charge in [0.15, 0.2) is 0 Å². The number of unbranched alkanes of at least 4 members (excludes halogenated alkanes) is 13. The Morgan fingerprint density at radius 2 is 0.650 bits per heavy atom. The summed E-state index contributed by atoms with van der Waals surface area (Å²) in [4.78, 5) is 11.7. The molecule has 8 nitrogen and oxygen atoms in total. The Balaban J connectivity index is 3.11. The van der Waals surface area contributed by atoms with Crippen LogP contribution in [0.3, 0.4) is 0 Å². The van der Waals surface area contributed by atoms with Gasteiger partial charge in [0.25, 0.3) is 0 Å². The van der Waals surface area contributed by atoms with Gasteiger partial charge in [-0.05, 0) is 12.8 Å². The molecule has 0 unspecified atom stereocenters. The van der Waals surface area contributed by atoms with Gasteiger partial charge >= 0.3 is 5.97 Å². The third-order valence-electron chi connectivity index (χ3n) is 6.48. The number of rotatable bonds is 35. The van der Waals surface area contributed by atoms with Gasteiger partial charge in [-0.25, -0.2) is 0 Å². The van der Waals surface area contributed by atoms with Gasteiger partial charge in [0, 0.05) is 13.0 Å². The Morgan fingerprint density at radius 3 is 1.05 bits per heavy atom. The minimum Gasteiger partial charge on any atom is -0.463 e. The fourth-order valence-corrected chi connectivity index (χ4v) is 4.05. The molecule has 0 aromatic rings. The normalized spacial score (nSPS) is 11.3. The molecule has 8 heteroatoms. The topological polar surface area (TPSA) is 81.7 Å². The molecule has 0 aliphatic rings. The Bertz CT molecular complexity index is 478. The maximum atomic E-state index is 11.7. The third kappa shape index (κ3) is 35.3. The van der Waals surface area contributed by atoms with Gasteiger partial charge < -0.3 is 33.2 Å². The molecule has 0 aromatic heterocycles. The van der Waals surface area contributed by atoms with E-state index < -0.39 is 0 Å². The standard InChI is InChI=1S/C32H64O8/c1-3-5-7-9-11-12-13-14-16-18-32(33)40-31-30-39-29-28-38-27-26-37-25-24-36-23-22-35-21-20-34-19-17-15-10-8-6-4-2/h3-31H2,1-2H3. The molecule has 0 spiro atoms. The zero-order chi connectivity index (χ0) is 29.0. The van der Waals surface area contributed by atoms with E-state index >= 15 is 0 Å². The molecule has 0 heterocycles. The second-order valence-corrected chi connectivity index (χ2v) is 10.2. The van der Waals surface area contributed by atoms with Gasteiger partial charge in [0.2, 0.25) is 0 Å². The lowest BCUT2D eigenvalue weighted by Gasteiger charge is -2.08. The molecule has 240 valence electrons. The lowest BCUT2D eigenvalue weighted by Crippen LogP contribution is -2.15. The van der Waals surface area contributed by atoms with Crippen molar-refractivity contribution in [3.05, 3.63) is 0 Å². The van der Waals surface area contributed by atoms with Crippen LogP contribution in [0.15, 0.2) is 0 Å². The highest BCUT2D eigenvalue weighted by atomic mass is 16.6. The lowest BCUT2D eigenvalue weighted by atomic mass is 10.1. The molecule has 0 rings (SSSR count). The average Bonchev–Trinajstić information content (AvgIpc) is 2.96. The van der Waals surface area contributed by atoms with Crippen LogP contribution in [-0.4, -0.2) is 91.9 Å². The van der Waals surface area contributed by atoms with E-state index in [0.717, 1.165) is 25.9 Å². The SMILES string of the molecule is CCCCCCCCCCCC(=O)OCCOCCOCCOCCOCCOCCOCCCCCCCC. The zero-order valence-electron chi connectivity index (χ0n) is 26.3. The van der Waals surface area contributed by atoms with E-state index in [2.05, 4.69) is 13.8 Å². The van der Waals surface area contributed by atoms with E-state index in [1.807, 2.05) is 0 Å². The zero-order valence-corrected chi connectivity index (χ0v) is 26.3. The van der Waals surface area contributed by atoms with Crippen LogP contribution in [0.2, 0.25) is 0 Å². The second kappa shape index (κ2) is 36.3. The summed E-state index contributed by atoms with van der Waals surface area (Å²) >= 11 is 0. The van der Waals surface area contributed by atoms with Crippen molar-refractivity contribution in [2.24, 2.45) is 0 Å². The molecule has 0 amide bonds. The van der Waals surface area contributed by atoms with Crippen molar-refractivity contribution in [2.75, 3.05) is 85.9 Å². The van der Waals surface area contributed by atoms with Gasteiger partial charge in [-0.2, -0.15) is 0 Å². The van der Waals surface area contributed by atoms with E-state index in [1.54, 1.807) is 0 Å². The summed E-state index contributed by atoms with van der Waals surface area (Å²) in [5.74, 6) is -0.125. The van der Waals surface area contributed by atoms with E-state index in [0.29, 0.717) is 85.7 Å². The molecule has 0 saturated heterocycles. The van der Waals surface area contributed by atoms with E-state index in [1.165, 1.54) is 77.0 Å². The van der Waals surface area contributed by atoms with Gasteiger partial charge in [-0.1, -0.05) is 97.3 Å². The lowest BCUT2D eigenvalue weighted by molar-refractivity contribution is -0.145. The Labute approximate surface area is 246 Å². The average molecular weight is 577 g/mol. The Kier molecular flexibility index (Phi) is 35.6. The fourth-order valence-electron chi connectivity index (χ4n) is 4.05. The van der Waals surface area contributed by atoms with Crippen molar-refractivity contribution in [1.82, 2.24) is 0 Å².